The van der Waals surface area contributed by atoms with Crippen LogP contribution in [0.3, 0.4) is 0 Å². The smallest absolute Gasteiger partial charge is 0.239 e. The quantitative estimate of drug-likeness (QED) is 0.0722. The molecule has 11 nitrogen and oxygen atoms in total. The van der Waals surface area contributed by atoms with Gasteiger partial charge in [0.15, 0.2) is 0 Å². The van der Waals surface area contributed by atoms with E-state index in [1.165, 1.54) is 24.0 Å². The summed E-state index contributed by atoms with van der Waals surface area (Å²) in [5.41, 5.74) is 7.33. The maximum atomic E-state index is 12.5. The fraction of sp³-hybridized carbons (Fsp3) is 0.478. The van der Waals surface area contributed by atoms with E-state index in [1.807, 2.05) is 20.1 Å². The number of hydrogen-bond donors (Lipinski definition) is 7. The summed E-state index contributed by atoms with van der Waals surface area (Å²) in [5, 5.41) is 21.1. The number of hydrazine groups is 1. The third kappa shape index (κ3) is 11.3. The first-order chi connectivity index (χ1) is 16.7. The maximum Gasteiger partial charge on any atom is 0.239 e. The summed E-state index contributed by atoms with van der Waals surface area (Å²) >= 11 is 1.46. The van der Waals surface area contributed by atoms with Gasteiger partial charge in [0.2, 0.25) is 17.7 Å². The molecule has 3 amide bonds. The number of amides is 3. The van der Waals surface area contributed by atoms with Crippen molar-refractivity contribution in [3.8, 4) is 0 Å². The molecule has 1 aliphatic heterocycles. The van der Waals surface area contributed by atoms with Gasteiger partial charge in [-0.15, -0.1) is 11.8 Å². The molecule has 35 heavy (non-hydrogen) atoms. The predicted molar refractivity (Wildman–Crippen MR) is 137 cm³/mol. The number of aliphatic hydroxyl groups is 1. The zero-order valence-corrected chi connectivity index (χ0v) is 21.2. The highest BCUT2D eigenvalue weighted by molar-refractivity contribution is 8.02. The molecule has 0 aromatic heterocycles. The second-order valence-electron chi connectivity index (χ2n) is 7.73. The molecule has 0 fully saturated rings. The summed E-state index contributed by atoms with van der Waals surface area (Å²) in [6.07, 6.45) is 8.54. The van der Waals surface area contributed by atoms with Gasteiger partial charge in [-0.25, -0.2) is 10.9 Å². The molecule has 0 aromatic carbocycles. The summed E-state index contributed by atoms with van der Waals surface area (Å²) in [4.78, 5) is 46.7. The summed E-state index contributed by atoms with van der Waals surface area (Å²) in [7, 11) is 0. The number of hydrogen-bond acceptors (Lipinski definition) is 9. The van der Waals surface area contributed by atoms with Gasteiger partial charge < -0.3 is 31.2 Å². The molecule has 0 saturated carbocycles. The fourth-order valence-electron chi connectivity index (χ4n) is 2.99. The number of nitrogens with one attached hydrogen (secondary N) is 6. The van der Waals surface area contributed by atoms with Gasteiger partial charge in [0.1, 0.15) is 18.1 Å². The molecule has 1 heterocycles. The van der Waals surface area contributed by atoms with Crippen LogP contribution in [0.25, 0.3) is 0 Å². The van der Waals surface area contributed by atoms with E-state index >= 15 is 0 Å². The number of carbonyl (C=O) groups is 4. The zero-order valence-electron chi connectivity index (χ0n) is 20.4. The Morgan fingerprint density at radius 3 is 2.60 bits per heavy atom. The first kappa shape index (κ1) is 29.9. The third-order valence-corrected chi connectivity index (χ3v) is 5.98. The van der Waals surface area contributed by atoms with Crippen LogP contribution >= 0.6 is 11.8 Å². The molecule has 0 bridgehead atoms. The topological polar surface area (TPSA) is 161 Å². The van der Waals surface area contributed by atoms with Gasteiger partial charge in [-0.3, -0.25) is 14.4 Å². The van der Waals surface area contributed by atoms with E-state index in [0.29, 0.717) is 24.7 Å². The van der Waals surface area contributed by atoms with Crippen molar-refractivity contribution >= 4 is 35.8 Å². The van der Waals surface area contributed by atoms with Gasteiger partial charge in [0, 0.05) is 12.6 Å². The molecule has 2 atom stereocenters. The summed E-state index contributed by atoms with van der Waals surface area (Å²) < 4.78 is 0. The second kappa shape index (κ2) is 16.5. The highest BCUT2D eigenvalue weighted by Gasteiger charge is 2.24. The van der Waals surface area contributed by atoms with Gasteiger partial charge >= 0.3 is 0 Å². The highest BCUT2D eigenvalue weighted by atomic mass is 32.2. The minimum atomic E-state index is -0.634. The summed E-state index contributed by atoms with van der Waals surface area (Å²) in [6, 6.07) is -0.634. The molecule has 0 aliphatic carbocycles. The summed E-state index contributed by atoms with van der Waals surface area (Å²) in [5.74, 6) is -0.995. The zero-order chi connectivity index (χ0) is 26.2. The molecular formula is C23H36N6O5S. The lowest BCUT2D eigenvalue weighted by Crippen LogP contribution is -2.56. The number of aldehydes is 1. The van der Waals surface area contributed by atoms with Crippen molar-refractivity contribution in [1.29, 1.82) is 0 Å². The van der Waals surface area contributed by atoms with Crippen molar-refractivity contribution in [2.45, 2.75) is 39.2 Å². The molecule has 0 radical (unpaired) electrons. The standard InChI is InChI=1S/C23H36N6O5S/c1-5-15(2)21(22(34)25-13-20(33)24-10-11-30)29-28-14-27-19(32)9-8-18-16(3)6-7-17(31)12-26-23(18)35-4/h6-7,11-12,15,21,26,28-29,31H,3,5,8-10,13-14H2,1-2,4H3,(H,24,33)(H,25,34)(H,27,32)/b7-6-,17-12+,23-18?. The fourth-order valence-corrected chi connectivity index (χ4v) is 3.65. The molecular weight excluding hydrogens is 472 g/mol. The Bertz CT molecular complexity index is 870. The van der Waals surface area contributed by atoms with Crippen molar-refractivity contribution in [3.63, 3.8) is 0 Å². The van der Waals surface area contributed by atoms with Gasteiger partial charge in [0.25, 0.3) is 0 Å². The number of allylic oxidation sites excluding steroid dienone is 4. The van der Waals surface area contributed by atoms with Crippen molar-refractivity contribution in [2.24, 2.45) is 5.92 Å². The van der Waals surface area contributed by atoms with Crippen LogP contribution in [0.2, 0.25) is 0 Å². The molecule has 7 N–H and O–H groups in total. The van der Waals surface area contributed by atoms with Gasteiger partial charge in [-0.2, -0.15) is 0 Å². The van der Waals surface area contributed by atoms with Gasteiger partial charge in [0.05, 0.1) is 24.8 Å². The van der Waals surface area contributed by atoms with E-state index in [4.69, 9.17) is 0 Å². The minimum Gasteiger partial charge on any atom is -0.506 e. The van der Waals surface area contributed by atoms with Crippen LogP contribution in [0.1, 0.15) is 33.1 Å². The molecule has 2 unspecified atom stereocenters. The van der Waals surface area contributed by atoms with Crippen LogP contribution in [0.15, 0.2) is 46.9 Å². The van der Waals surface area contributed by atoms with Crippen LogP contribution in [0, 0.1) is 5.92 Å². The average Bonchev–Trinajstić information content (AvgIpc) is 2.85. The minimum absolute atomic E-state index is 0.0486. The first-order valence-corrected chi connectivity index (χ1v) is 12.5. The van der Waals surface area contributed by atoms with E-state index in [0.717, 1.165) is 10.6 Å². The maximum absolute atomic E-state index is 12.5. The second-order valence-corrected chi connectivity index (χ2v) is 8.55. The Labute approximate surface area is 210 Å². The van der Waals surface area contributed by atoms with Gasteiger partial charge in [-0.1, -0.05) is 32.9 Å². The number of carbonyl (C=O) groups excluding carboxylic acids is 4. The van der Waals surface area contributed by atoms with E-state index < -0.39 is 11.9 Å². The van der Waals surface area contributed by atoms with Crippen molar-refractivity contribution < 1.29 is 24.3 Å². The van der Waals surface area contributed by atoms with E-state index in [1.54, 1.807) is 6.08 Å². The predicted octanol–water partition coefficient (Wildman–Crippen LogP) is 0.470. The average molecular weight is 509 g/mol. The lowest BCUT2D eigenvalue weighted by Gasteiger charge is -2.24. The van der Waals surface area contributed by atoms with Crippen molar-refractivity contribution in [2.75, 3.05) is 26.0 Å². The Morgan fingerprint density at radius 2 is 1.94 bits per heavy atom. The van der Waals surface area contributed by atoms with Crippen LogP contribution in [0.4, 0.5) is 0 Å². The Balaban J connectivity index is 2.52. The van der Waals surface area contributed by atoms with Gasteiger partial charge in [-0.05, 0) is 35.8 Å². The van der Waals surface area contributed by atoms with Crippen LogP contribution < -0.4 is 32.1 Å². The van der Waals surface area contributed by atoms with E-state index in [9.17, 15) is 24.3 Å². The third-order valence-electron chi connectivity index (χ3n) is 5.21. The SMILES string of the molecule is C=C1/C=C\C(O)=C/NC(SC)=C1CCC(=O)NCNNC(C(=O)NCC(=O)NCC=O)C(C)CC. The lowest BCUT2D eigenvalue weighted by atomic mass is 9.99. The Kier molecular flexibility index (Phi) is 14.1. The lowest BCUT2D eigenvalue weighted by molar-refractivity contribution is -0.128. The molecule has 0 saturated heterocycles. The molecule has 12 heteroatoms. The van der Waals surface area contributed by atoms with Crippen LogP contribution in [-0.2, 0) is 19.2 Å². The van der Waals surface area contributed by atoms with Crippen molar-refractivity contribution in [1.82, 2.24) is 32.1 Å². The number of rotatable bonds is 15. The highest BCUT2D eigenvalue weighted by Crippen LogP contribution is 2.26. The number of aliphatic hydroxyl groups excluding tert-OH is 1. The summed E-state index contributed by atoms with van der Waals surface area (Å²) in [6.45, 7) is 7.58. The molecule has 0 spiro atoms. The molecule has 1 rings (SSSR count). The molecule has 194 valence electrons. The largest absolute Gasteiger partial charge is 0.506 e. The normalized spacial score (nSPS) is 17.6. The molecule has 1 aliphatic rings. The Morgan fingerprint density at radius 1 is 1.20 bits per heavy atom. The van der Waals surface area contributed by atoms with Crippen LogP contribution in [0.5, 0.6) is 0 Å². The monoisotopic (exact) mass is 508 g/mol. The van der Waals surface area contributed by atoms with Crippen molar-refractivity contribution in [3.05, 3.63) is 46.9 Å². The first-order valence-electron chi connectivity index (χ1n) is 11.3. The molecule has 0 aromatic rings. The van der Waals surface area contributed by atoms with E-state index in [-0.39, 0.29) is 49.7 Å². The van der Waals surface area contributed by atoms with E-state index in [2.05, 4.69) is 38.7 Å². The Hall–Kier alpha value is -3.09. The van der Waals surface area contributed by atoms with Crippen LogP contribution in [-0.4, -0.2) is 61.2 Å². The number of thioether (sulfide) groups is 1.